The van der Waals surface area contributed by atoms with Gasteiger partial charge in [0.05, 0.1) is 29.6 Å². The predicted molar refractivity (Wildman–Crippen MR) is 138 cm³/mol. The highest BCUT2D eigenvalue weighted by molar-refractivity contribution is 6.09. The van der Waals surface area contributed by atoms with Gasteiger partial charge in [-0.3, -0.25) is 4.79 Å². The Balaban J connectivity index is 1.48. The lowest BCUT2D eigenvalue weighted by Gasteiger charge is -2.37. The molecule has 0 aliphatic carbocycles. The molecule has 1 aromatic heterocycles. The molecule has 1 aliphatic heterocycles. The van der Waals surface area contributed by atoms with Gasteiger partial charge in [-0.1, -0.05) is 60.2 Å². The van der Waals surface area contributed by atoms with Crippen LogP contribution in [0.5, 0.6) is 5.75 Å². The first-order valence-corrected chi connectivity index (χ1v) is 11.7. The fourth-order valence-corrected chi connectivity index (χ4v) is 4.77. The summed E-state index contributed by atoms with van der Waals surface area (Å²) in [6.45, 7) is 6.94. The SMILES string of the molecule is COc1ccccc1N1CCN(C(=O)c2c(C)c(-c3ccc(C)cc3)nc3ccccc23)CC1. The highest BCUT2D eigenvalue weighted by Gasteiger charge is 2.27. The maximum Gasteiger partial charge on any atom is 0.255 e. The summed E-state index contributed by atoms with van der Waals surface area (Å²) in [4.78, 5) is 23.1. The summed E-state index contributed by atoms with van der Waals surface area (Å²) in [5.74, 6) is 0.935. The van der Waals surface area contributed by atoms with Crippen molar-refractivity contribution in [2.75, 3.05) is 38.2 Å². The Morgan fingerprint density at radius 3 is 2.26 bits per heavy atom. The van der Waals surface area contributed by atoms with Gasteiger partial charge < -0.3 is 14.5 Å². The maximum absolute atomic E-state index is 13.9. The van der Waals surface area contributed by atoms with E-state index in [1.54, 1.807) is 7.11 Å². The van der Waals surface area contributed by atoms with Crippen molar-refractivity contribution >= 4 is 22.5 Å². The van der Waals surface area contributed by atoms with Crippen LogP contribution in [0.15, 0.2) is 72.8 Å². The predicted octanol–water partition coefficient (Wildman–Crippen LogP) is 5.49. The number of carbonyl (C=O) groups excluding carboxylic acids is 1. The highest BCUT2D eigenvalue weighted by Crippen LogP contribution is 2.32. The molecule has 0 radical (unpaired) electrons. The van der Waals surface area contributed by atoms with E-state index >= 15 is 0 Å². The number of fused-ring (bicyclic) bond motifs is 1. The number of methoxy groups -OCH3 is 1. The van der Waals surface area contributed by atoms with Crippen LogP contribution in [0, 0.1) is 13.8 Å². The number of hydrogen-bond acceptors (Lipinski definition) is 4. The van der Waals surface area contributed by atoms with Crippen LogP contribution in [0.3, 0.4) is 0 Å². The third-order valence-electron chi connectivity index (χ3n) is 6.67. The molecular formula is C29H29N3O2. The molecule has 0 N–H and O–H groups in total. The molecule has 0 bridgehead atoms. The zero-order chi connectivity index (χ0) is 23.7. The molecule has 0 atom stereocenters. The summed E-state index contributed by atoms with van der Waals surface area (Å²) in [7, 11) is 1.70. The summed E-state index contributed by atoms with van der Waals surface area (Å²) in [5, 5.41) is 0.910. The molecule has 2 heterocycles. The van der Waals surface area contributed by atoms with E-state index < -0.39 is 0 Å². The molecule has 1 fully saturated rings. The van der Waals surface area contributed by atoms with E-state index in [2.05, 4.69) is 42.2 Å². The molecule has 172 valence electrons. The van der Waals surface area contributed by atoms with Gasteiger partial charge >= 0.3 is 0 Å². The molecule has 1 amide bonds. The van der Waals surface area contributed by atoms with Gasteiger partial charge in [0.15, 0.2) is 0 Å². The Hall–Kier alpha value is -3.86. The lowest BCUT2D eigenvalue weighted by molar-refractivity contribution is 0.0748. The molecule has 5 heteroatoms. The standard InChI is InChI=1S/C29H29N3O2/c1-20-12-14-22(15-13-20)28-21(2)27(23-8-4-5-9-24(23)30-28)29(33)32-18-16-31(17-19-32)25-10-6-7-11-26(25)34-3/h4-15H,16-19H2,1-3H3. The molecule has 0 saturated carbocycles. The van der Waals surface area contributed by atoms with Crippen molar-refractivity contribution in [1.82, 2.24) is 9.88 Å². The van der Waals surface area contributed by atoms with Crippen LogP contribution in [0.2, 0.25) is 0 Å². The molecule has 0 spiro atoms. The van der Waals surface area contributed by atoms with Gasteiger partial charge in [0.1, 0.15) is 5.75 Å². The van der Waals surface area contributed by atoms with Gasteiger partial charge in [-0.25, -0.2) is 4.98 Å². The van der Waals surface area contributed by atoms with Crippen molar-refractivity contribution in [3.05, 3.63) is 89.5 Å². The van der Waals surface area contributed by atoms with Gasteiger partial charge in [-0.15, -0.1) is 0 Å². The third kappa shape index (κ3) is 3.98. The maximum atomic E-state index is 13.9. The highest BCUT2D eigenvalue weighted by atomic mass is 16.5. The first kappa shape index (κ1) is 22.0. The lowest BCUT2D eigenvalue weighted by Crippen LogP contribution is -2.49. The van der Waals surface area contributed by atoms with Crippen LogP contribution in [-0.2, 0) is 0 Å². The number of aryl methyl sites for hydroxylation is 1. The van der Waals surface area contributed by atoms with E-state index in [-0.39, 0.29) is 5.91 Å². The average Bonchev–Trinajstić information content (AvgIpc) is 2.88. The second-order valence-corrected chi connectivity index (χ2v) is 8.79. The molecular weight excluding hydrogens is 422 g/mol. The zero-order valence-corrected chi connectivity index (χ0v) is 19.9. The number of nitrogens with zero attached hydrogens (tertiary/aromatic N) is 3. The Labute approximate surface area is 200 Å². The molecule has 3 aromatic carbocycles. The monoisotopic (exact) mass is 451 g/mol. The molecule has 5 rings (SSSR count). The molecule has 0 unspecified atom stereocenters. The Bertz CT molecular complexity index is 1340. The summed E-state index contributed by atoms with van der Waals surface area (Å²) in [6.07, 6.45) is 0. The minimum atomic E-state index is 0.0733. The van der Waals surface area contributed by atoms with Crippen molar-refractivity contribution in [2.45, 2.75) is 13.8 Å². The minimum absolute atomic E-state index is 0.0733. The largest absolute Gasteiger partial charge is 0.495 e. The number of hydrogen-bond donors (Lipinski definition) is 0. The summed E-state index contributed by atoms with van der Waals surface area (Å²) >= 11 is 0. The first-order valence-electron chi connectivity index (χ1n) is 11.7. The van der Waals surface area contributed by atoms with Gasteiger partial charge in [0.2, 0.25) is 0 Å². The van der Waals surface area contributed by atoms with E-state index in [9.17, 15) is 4.79 Å². The molecule has 34 heavy (non-hydrogen) atoms. The van der Waals surface area contributed by atoms with Crippen LogP contribution in [-0.4, -0.2) is 49.1 Å². The molecule has 5 nitrogen and oxygen atoms in total. The van der Waals surface area contributed by atoms with Crippen molar-refractivity contribution < 1.29 is 9.53 Å². The van der Waals surface area contributed by atoms with Crippen LogP contribution in [0.25, 0.3) is 22.2 Å². The normalized spacial score (nSPS) is 13.9. The fraction of sp³-hybridized carbons (Fsp3) is 0.241. The van der Waals surface area contributed by atoms with Gasteiger partial charge in [-0.05, 0) is 37.6 Å². The van der Waals surface area contributed by atoms with E-state index in [1.807, 2.05) is 54.3 Å². The number of amides is 1. The van der Waals surface area contributed by atoms with Crippen LogP contribution in [0.4, 0.5) is 5.69 Å². The Kier molecular flexibility index (Phi) is 5.93. The third-order valence-corrected chi connectivity index (χ3v) is 6.67. The fourth-order valence-electron chi connectivity index (χ4n) is 4.77. The number of rotatable bonds is 4. The van der Waals surface area contributed by atoms with E-state index in [4.69, 9.17) is 9.72 Å². The number of benzene rings is 3. The first-order chi connectivity index (χ1) is 16.6. The summed E-state index contributed by atoms with van der Waals surface area (Å²) < 4.78 is 5.54. The van der Waals surface area contributed by atoms with E-state index in [0.717, 1.165) is 57.8 Å². The Morgan fingerprint density at radius 2 is 1.53 bits per heavy atom. The van der Waals surface area contributed by atoms with Crippen molar-refractivity contribution in [2.24, 2.45) is 0 Å². The van der Waals surface area contributed by atoms with Crippen molar-refractivity contribution in [1.29, 1.82) is 0 Å². The second kappa shape index (κ2) is 9.18. The van der Waals surface area contributed by atoms with Gasteiger partial charge in [0.25, 0.3) is 5.91 Å². The van der Waals surface area contributed by atoms with E-state index in [1.165, 1.54) is 5.56 Å². The lowest BCUT2D eigenvalue weighted by atomic mass is 9.96. The molecule has 1 saturated heterocycles. The topological polar surface area (TPSA) is 45.7 Å². The smallest absolute Gasteiger partial charge is 0.255 e. The number of anilines is 1. The van der Waals surface area contributed by atoms with Crippen LogP contribution < -0.4 is 9.64 Å². The number of carbonyl (C=O) groups is 1. The Morgan fingerprint density at radius 1 is 0.853 bits per heavy atom. The summed E-state index contributed by atoms with van der Waals surface area (Å²) in [6, 6.07) is 24.3. The number of ether oxygens (including phenoxy) is 1. The van der Waals surface area contributed by atoms with E-state index in [0.29, 0.717) is 13.1 Å². The van der Waals surface area contributed by atoms with Crippen molar-refractivity contribution in [3.63, 3.8) is 0 Å². The van der Waals surface area contributed by atoms with Crippen molar-refractivity contribution in [3.8, 4) is 17.0 Å². The zero-order valence-electron chi connectivity index (χ0n) is 19.9. The number of para-hydroxylation sites is 3. The number of pyridine rings is 1. The summed E-state index contributed by atoms with van der Waals surface area (Å²) in [5.41, 5.74) is 6.71. The molecule has 1 aliphatic rings. The minimum Gasteiger partial charge on any atom is -0.495 e. The van der Waals surface area contributed by atoms with Crippen LogP contribution >= 0.6 is 0 Å². The number of piperazine rings is 1. The second-order valence-electron chi connectivity index (χ2n) is 8.79. The van der Waals surface area contributed by atoms with Crippen LogP contribution in [0.1, 0.15) is 21.5 Å². The van der Waals surface area contributed by atoms with Gasteiger partial charge in [0, 0.05) is 37.1 Å². The van der Waals surface area contributed by atoms with Gasteiger partial charge in [-0.2, -0.15) is 0 Å². The quantitative estimate of drug-likeness (QED) is 0.412. The average molecular weight is 452 g/mol. The number of aromatic nitrogens is 1. The molecule has 4 aromatic rings.